The van der Waals surface area contributed by atoms with Crippen LogP contribution in [0, 0.1) is 0 Å². The smallest absolute Gasteiger partial charge is 0.345 e. The molecule has 0 N–H and O–H groups in total. The number of fused-ring (bicyclic) bond motifs is 1. The van der Waals surface area contributed by atoms with Crippen molar-refractivity contribution in [2.24, 2.45) is 7.05 Å². The third kappa shape index (κ3) is 3.13. The quantitative estimate of drug-likeness (QED) is 0.827. The SMILES string of the molecule is CCOc1ccc(CC(=O)N2CCn3c(nn(C)c3=O)C2)cc1. The maximum atomic E-state index is 12.5. The summed E-state index contributed by atoms with van der Waals surface area (Å²) in [5.74, 6) is 1.49. The average molecular weight is 316 g/mol. The molecule has 2 heterocycles. The summed E-state index contributed by atoms with van der Waals surface area (Å²) in [6, 6.07) is 7.56. The number of benzene rings is 1. The number of aromatic nitrogens is 3. The van der Waals surface area contributed by atoms with Gasteiger partial charge in [-0.3, -0.25) is 9.36 Å². The largest absolute Gasteiger partial charge is 0.494 e. The third-order valence-corrected chi connectivity index (χ3v) is 3.95. The van der Waals surface area contributed by atoms with Gasteiger partial charge in [-0.1, -0.05) is 12.1 Å². The summed E-state index contributed by atoms with van der Waals surface area (Å²) in [5.41, 5.74) is 0.820. The molecule has 122 valence electrons. The highest BCUT2D eigenvalue weighted by Crippen LogP contribution is 2.15. The van der Waals surface area contributed by atoms with Crippen molar-refractivity contribution in [1.29, 1.82) is 0 Å². The van der Waals surface area contributed by atoms with Crippen molar-refractivity contribution < 1.29 is 9.53 Å². The van der Waals surface area contributed by atoms with E-state index in [0.717, 1.165) is 11.3 Å². The van der Waals surface area contributed by atoms with E-state index in [4.69, 9.17) is 4.74 Å². The molecule has 0 bridgehead atoms. The van der Waals surface area contributed by atoms with Gasteiger partial charge in [-0.2, -0.15) is 5.10 Å². The molecule has 0 fully saturated rings. The Hall–Kier alpha value is -2.57. The van der Waals surface area contributed by atoms with Gasteiger partial charge in [-0.05, 0) is 24.6 Å². The van der Waals surface area contributed by atoms with Crippen LogP contribution in [0.5, 0.6) is 5.75 Å². The molecule has 0 atom stereocenters. The minimum absolute atomic E-state index is 0.0403. The maximum absolute atomic E-state index is 12.5. The molecule has 0 aliphatic carbocycles. The molecule has 1 aromatic carbocycles. The molecule has 23 heavy (non-hydrogen) atoms. The molecule has 1 aliphatic heterocycles. The molecular weight excluding hydrogens is 296 g/mol. The van der Waals surface area contributed by atoms with E-state index in [1.54, 1.807) is 16.5 Å². The van der Waals surface area contributed by atoms with E-state index < -0.39 is 0 Å². The molecule has 3 rings (SSSR count). The average Bonchev–Trinajstić information content (AvgIpc) is 2.83. The number of hydrogen-bond donors (Lipinski definition) is 0. The Morgan fingerprint density at radius 1 is 1.26 bits per heavy atom. The van der Waals surface area contributed by atoms with Crippen LogP contribution in [-0.2, 0) is 31.4 Å². The van der Waals surface area contributed by atoms with Gasteiger partial charge in [0.05, 0.1) is 19.6 Å². The fraction of sp³-hybridized carbons (Fsp3) is 0.438. The lowest BCUT2D eigenvalue weighted by atomic mass is 10.1. The summed E-state index contributed by atoms with van der Waals surface area (Å²) in [7, 11) is 1.62. The summed E-state index contributed by atoms with van der Waals surface area (Å²) < 4.78 is 8.34. The molecule has 7 nitrogen and oxygen atoms in total. The topological polar surface area (TPSA) is 69.4 Å². The number of nitrogens with zero attached hydrogens (tertiary/aromatic N) is 4. The molecule has 1 aliphatic rings. The van der Waals surface area contributed by atoms with Gasteiger partial charge >= 0.3 is 5.69 Å². The number of amides is 1. The minimum atomic E-state index is -0.126. The molecule has 0 saturated carbocycles. The Kier molecular flexibility index (Phi) is 4.18. The van der Waals surface area contributed by atoms with Gasteiger partial charge in [0.25, 0.3) is 0 Å². The molecule has 7 heteroatoms. The molecule has 1 amide bonds. The molecule has 0 saturated heterocycles. The first-order chi connectivity index (χ1) is 11.1. The zero-order valence-electron chi connectivity index (χ0n) is 13.4. The van der Waals surface area contributed by atoms with E-state index in [9.17, 15) is 9.59 Å². The van der Waals surface area contributed by atoms with Gasteiger partial charge in [0.15, 0.2) is 5.82 Å². The van der Waals surface area contributed by atoms with Crippen LogP contribution in [0.4, 0.5) is 0 Å². The highest BCUT2D eigenvalue weighted by molar-refractivity contribution is 5.78. The van der Waals surface area contributed by atoms with Crippen LogP contribution >= 0.6 is 0 Å². The van der Waals surface area contributed by atoms with Crippen LogP contribution in [0.15, 0.2) is 29.1 Å². The van der Waals surface area contributed by atoms with E-state index in [2.05, 4.69) is 5.10 Å². The van der Waals surface area contributed by atoms with Gasteiger partial charge in [0, 0.05) is 20.1 Å². The fourth-order valence-electron chi connectivity index (χ4n) is 2.74. The summed E-state index contributed by atoms with van der Waals surface area (Å²) in [6.07, 6.45) is 0.337. The maximum Gasteiger partial charge on any atom is 0.345 e. The predicted molar refractivity (Wildman–Crippen MR) is 84.2 cm³/mol. The van der Waals surface area contributed by atoms with Crippen LogP contribution < -0.4 is 10.4 Å². The highest BCUT2D eigenvalue weighted by Gasteiger charge is 2.24. The van der Waals surface area contributed by atoms with E-state index in [0.29, 0.717) is 38.5 Å². The molecular formula is C16H20N4O3. The standard InChI is InChI=1S/C16H20N4O3/c1-3-23-13-6-4-12(5-7-13)10-15(21)19-8-9-20-14(11-19)17-18(2)16(20)22/h4-7H,3,8-11H2,1-2H3. The van der Waals surface area contributed by atoms with Crippen LogP contribution in [0.25, 0.3) is 0 Å². The lowest BCUT2D eigenvalue weighted by Gasteiger charge is -2.26. The van der Waals surface area contributed by atoms with Gasteiger partial charge in [0.1, 0.15) is 5.75 Å². The summed E-state index contributed by atoms with van der Waals surface area (Å²) in [6.45, 7) is 3.97. The summed E-state index contributed by atoms with van der Waals surface area (Å²) in [4.78, 5) is 26.0. The van der Waals surface area contributed by atoms with Gasteiger partial charge in [0.2, 0.25) is 5.91 Å². The molecule has 1 aromatic heterocycles. The Morgan fingerprint density at radius 3 is 2.70 bits per heavy atom. The van der Waals surface area contributed by atoms with Crippen LogP contribution in [0.2, 0.25) is 0 Å². The third-order valence-electron chi connectivity index (χ3n) is 3.95. The minimum Gasteiger partial charge on any atom is -0.494 e. The lowest BCUT2D eigenvalue weighted by Crippen LogP contribution is -2.41. The van der Waals surface area contributed by atoms with Crippen molar-refractivity contribution in [3.63, 3.8) is 0 Å². The van der Waals surface area contributed by atoms with Crippen molar-refractivity contribution in [3.8, 4) is 5.75 Å². The second-order valence-corrected chi connectivity index (χ2v) is 5.54. The number of hydrogen-bond acceptors (Lipinski definition) is 4. The van der Waals surface area contributed by atoms with E-state index >= 15 is 0 Å². The predicted octanol–water partition coefficient (Wildman–Crippen LogP) is 0.565. The first-order valence-electron chi connectivity index (χ1n) is 7.70. The molecule has 0 radical (unpaired) electrons. The van der Waals surface area contributed by atoms with Crippen LogP contribution in [0.1, 0.15) is 18.3 Å². The second kappa shape index (κ2) is 6.28. The van der Waals surface area contributed by atoms with E-state index in [1.807, 2.05) is 31.2 Å². The molecule has 0 spiro atoms. The van der Waals surface area contributed by atoms with Crippen LogP contribution in [-0.4, -0.2) is 38.3 Å². The fourth-order valence-corrected chi connectivity index (χ4v) is 2.74. The molecule has 0 unspecified atom stereocenters. The van der Waals surface area contributed by atoms with Crippen molar-refractivity contribution in [3.05, 3.63) is 46.1 Å². The van der Waals surface area contributed by atoms with Gasteiger partial charge in [-0.25, -0.2) is 9.48 Å². The lowest BCUT2D eigenvalue weighted by molar-refractivity contribution is -0.132. The Bertz CT molecular complexity index is 761. The Morgan fingerprint density at radius 2 is 2.00 bits per heavy atom. The van der Waals surface area contributed by atoms with E-state index in [-0.39, 0.29) is 11.6 Å². The second-order valence-electron chi connectivity index (χ2n) is 5.54. The normalized spacial score (nSPS) is 13.7. The zero-order chi connectivity index (χ0) is 16.4. The van der Waals surface area contributed by atoms with Gasteiger partial charge in [-0.15, -0.1) is 0 Å². The van der Waals surface area contributed by atoms with Crippen molar-refractivity contribution in [2.45, 2.75) is 26.4 Å². The van der Waals surface area contributed by atoms with E-state index in [1.165, 1.54) is 4.68 Å². The highest BCUT2D eigenvalue weighted by atomic mass is 16.5. The number of carbonyl (C=O) groups is 1. The summed E-state index contributed by atoms with van der Waals surface area (Å²) >= 11 is 0. The Labute approximate surface area is 134 Å². The van der Waals surface area contributed by atoms with Crippen molar-refractivity contribution in [2.75, 3.05) is 13.2 Å². The molecule has 2 aromatic rings. The van der Waals surface area contributed by atoms with Crippen molar-refractivity contribution in [1.82, 2.24) is 19.2 Å². The van der Waals surface area contributed by atoms with Crippen molar-refractivity contribution >= 4 is 5.91 Å². The number of carbonyl (C=O) groups excluding carboxylic acids is 1. The monoisotopic (exact) mass is 316 g/mol. The Balaban J connectivity index is 1.66. The zero-order valence-corrected chi connectivity index (χ0v) is 13.4. The van der Waals surface area contributed by atoms with Crippen LogP contribution in [0.3, 0.4) is 0 Å². The summed E-state index contributed by atoms with van der Waals surface area (Å²) in [5, 5.41) is 4.18. The van der Waals surface area contributed by atoms with Gasteiger partial charge < -0.3 is 9.64 Å². The number of aryl methyl sites for hydroxylation is 1. The first-order valence-corrected chi connectivity index (χ1v) is 7.70. The number of rotatable bonds is 4. The first kappa shape index (κ1) is 15.3. The number of ether oxygens (including phenoxy) is 1.